The molecule has 3 aromatic rings. The number of pyridine rings is 2. The predicted molar refractivity (Wildman–Crippen MR) is 140 cm³/mol. The molecule has 0 radical (unpaired) electrons. The van der Waals surface area contributed by atoms with E-state index >= 15 is 0 Å². The Bertz CT molecular complexity index is 1700. The zero-order valence-electron chi connectivity index (χ0n) is 21.3. The molecule has 4 aliphatic rings. The number of aliphatic hydroxyl groups excluding tert-OH is 1. The molecular weight excluding hydrogens is 525 g/mol. The zero-order valence-corrected chi connectivity index (χ0v) is 22.2. The maximum atomic E-state index is 15.0. The molecule has 0 bridgehead atoms. The fraction of sp³-hybridized carbons (Fsp3) is 0.429. The van der Waals surface area contributed by atoms with Gasteiger partial charge in [-0.05, 0) is 49.3 Å². The number of ether oxygens (including phenoxy) is 1. The van der Waals surface area contributed by atoms with Crippen molar-refractivity contribution in [1.82, 2.24) is 14.9 Å². The van der Waals surface area contributed by atoms with Gasteiger partial charge in [-0.25, -0.2) is 14.2 Å². The molecule has 202 valence electrons. The summed E-state index contributed by atoms with van der Waals surface area (Å²) in [4.78, 5) is 44.7. The van der Waals surface area contributed by atoms with Gasteiger partial charge >= 0.3 is 5.97 Å². The third-order valence-corrected chi connectivity index (χ3v) is 9.86. The van der Waals surface area contributed by atoms with Gasteiger partial charge in [0.1, 0.15) is 18.5 Å². The molecule has 3 N–H and O–H groups in total. The predicted octanol–water partition coefficient (Wildman–Crippen LogP) is 2.56. The summed E-state index contributed by atoms with van der Waals surface area (Å²) in [6.45, 7) is 3.27. The first-order valence-electron chi connectivity index (χ1n) is 13.1. The molecule has 1 fully saturated rings. The Kier molecular flexibility index (Phi) is 5.30. The zero-order chi connectivity index (χ0) is 27.4. The van der Waals surface area contributed by atoms with Crippen molar-refractivity contribution in [3.8, 4) is 11.4 Å². The second kappa shape index (κ2) is 8.36. The highest BCUT2D eigenvalue weighted by Crippen LogP contribution is 2.48. The molecule has 11 heteroatoms. The van der Waals surface area contributed by atoms with Crippen molar-refractivity contribution in [2.24, 2.45) is 5.92 Å². The van der Waals surface area contributed by atoms with Crippen molar-refractivity contribution in [1.29, 1.82) is 0 Å². The number of carbonyl (C=O) groups is 2. The van der Waals surface area contributed by atoms with Crippen LogP contribution in [0.15, 0.2) is 21.8 Å². The lowest BCUT2D eigenvalue weighted by atomic mass is 9.86. The van der Waals surface area contributed by atoms with Crippen LogP contribution < -0.4 is 10.9 Å². The molecule has 0 spiro atoms. The van der Waals surface area contributed by atoms with E-state index in [2.05, 4.69) is 5.32 Å². The first-order chi connectivity index (χ1) is 18.6. The van der Waals surface area contributed by atoms with E-state index in [0.717, 1.165) is 28.7 Å². The Morgan fingerprint density at radius 1 is 1.33 bits per heavy atom. The average Bonchev–Trinajstić information content (AvgIpc) is 3.71. The van der Waals surface area contributed by atoms with E-state index in [1.807, 2.05) is 0 Å². The van der Waals surface area contributed by atoms with Gasteiger partial charge in [0.05, 0.1) is 35.1 Å². The summed E-state index contributed by atoms with van der Waals surface area (Å²) in [5.74, 6) is -1.27. The fourth-order valence-electron chi connectivity index (χ4n) is 6.12. The molecule has 9 nitrogen and oxygen atoms in total. The van der Waals surface area contributed by atoms with Gasteiger partial charge in [0.15, 0.2) is 5.60 Å². The molecule has 2 aromatic heterocycles. The number of hydrogen-bond donors (Lipinski definition) is 3. The molecule has 39 heavy (non-hydrogen) atoms. The van der Waals surface area contributed by atoms with Crippen LogP contribution in [0.3, 0.4) is 0 Å². The van der Waals surface area contributed by atoms with Crippen LogP contribution in [-0.4, -0.2) is 43.5 Å². The SMILES string of the molecule is CC[C@@]1(O)C(=O)OCc2c1cc1n(c2=O)Cc2c-1nc1cc(F)c(C)c3c1c2[C@@H](NC(=O)[C@H](O)C1CC1)CS3. The standard InChI is InChI=1S/C28H26FN3O6S/c1-3-28(37)15-6-19-22-13(8-32(19)26(35)14(15)9-38-27(28)36)20-18(31-25(34)23(33)12-4-5-12)10-39-24-11(2)16(29)7-17(30-22)21(20)24/h6-7,12,18,23,33,37H,3-5,8-10H2,1-2H3,(H,31,34)/t18-,23+,28-/m0/s1. The van der Waals surface area contributed by atoms with E-state index in [9.17, 15) is 29.0 Å². The first-order valence-corrected chi connectivity index (χ1v) is 14.1. The largest absolute Gasteiger partial charge is 0.458 e. The summed E-state index contributed by atoms with van der Waals surface area (Å²) in [7, 11) is 0. The van der Waals surface area contributed by atoms with Gasteiger partial charge < -0.3 is 24.8 Å². The molecule has 1 aromatic carbocycles. The van der Waals surface area contributed by atoms with E-state index in [1.165, 1.54) is 22.4 Å². The lowest BCUT2D eigenvalue weighted by Gasteiger charge is -2.31. The molecule has 1 aliphatic carbocycles. The number of hydrogen-bond acceptors (Lipinski definition) is 8. The van der Waals surface area contributed by atoms with Gasteiger partial charge in [-0.2, -0.15) is 0 Å². The van der Waals surface area contributed by atoms with Crippen LogP contribution in [0, 0.1) is 18.7 Å². The molecule has 0 unspecified atom stereocenters. The van der Waals surface area contributed by atoms with Crippen LogP contribution in [0.2, 0.25) is 0 Å². The third kappa shape index (κ3) is 3.39. The Balaban J connectivity index is 1.46. The van der Waals surface area contributed by atoms with Gasteiger partial charge in [-0.15, -0.1) is 11.8 Å². The summed E-state index contributed by atoms with van der Waals surface area (Å²) >= 11 is 1.43. The molecule has 5 heterocycles. The minimum absolute atomic E-state index is 0.0213. The van der Waals surface area contributed by atoms with Crippen molar-refractivity contribution in [3.63, 3.8) is 0 Å². The molecule has 1 saturated carbocycles. The summed E-state index contributed by atoms with van der Waals surface area (Å²) in [5, 5.41) is 25.4. The monoisotopic (exact) mass is 551 g/mol. The molecule has 7 rings (SSSR count). The number of benzene rings is 1. The van der Waals surface area contributed by atoms with Gasteiger partial charge in [-0.3, -0.25) is 9.59 Å². The van der Waals surface area contributed by atoms with Crippen molar-refractivity contribution < 1.29 is 28.9 Å². The Morgan fingerprint density at radius 3 is 2.82 bits per heavy atom. The second-order valence-corrected chi connectivity index (χ2v) is 11.8. The van der Waals surface area contributed by atoms with E-state index in [0.29, 0.717) is 33.8 Å². The van der Waals surface area contributed by atoms with Gasteiger partial charge in [0.25, 0.3) is 5.56 Å². The summed E-state index contributed by atoms with van der Waals surface area (Å²) in [5.41, 5.74) is 1.26. The minimum atomic E-state index is -1.96. The summed E-state index contributed by atoms with van der Waals surface area (Å²) in [6.07, 6.45) is 0.549. The van der Waals surface area contributed by atoms with Crippen LogP contribution >= 0.6 is 11.8 Å². The van der Waals surface area contributed by atoms with Crippen molar-refractivity contribution in [3.05, 3.63) is 56.1 Å². The van der Waals surface area contributed by atoms with Crippen LogP contribution in [0.25, 0.3) is 22.3 Å². The number of fused-ring (bicyclic) bond motifs is 5. The minimum Gasteiger partial charge on any atom is -0.458 e. The number of esters is 1. The molecular formula is C28H26FN3O6S. The number of aromatic nitrogens is 2. The quantitative estimate of drug-likeness (QED) is 0.330. The molecule has 3 aliphatic heterocycles. The van der Waals surface area contributed by atoms with Crippen molar-refractivity contribution in [2.45, 2.75) is 68.9 Å². The van der Waals surface area contributed by atoms with Crippen LogP contribution in [0.5, 0.6) is 0 Å². The lowest BCUT2D eigenvalue weighted by Crippen LogP contribution is -2.44. The topological polar surface area (TPSA) is 131 Å². The van der Waals surface area contributed by atoms with E-state index < -0.39 is 41.0 Å². The van der Waals surface area contributed by atoms with Crippen LogP contribution in [-0.2, 0) is 33.1 Å². The number of thioether (sulfide) groups is 1. The Morgan fingerprint density at radius 2 is 2.10 bits per heavy atom. The number of nitrogens with zero attached hydrogens (tertiary/aromatic N) is 2. The molecule has 0 saturated heterocycles. The smallest absolute Gasteiger partial charge is 0.343 e. The number of aliphatic hydroxyl groups is 2. The molecule has 3 atom stereocenters. The highest BCUT2D eigenvalue weighted by Gasteiger charge is 2.46. The summed E-state index contributed by atoms with van der Waals surface area (Å²) in [6, 6.07) is 2.48. The third-order valence-electron chi connectivity index (χ3n) is 8.56. The maximum Gasteiger partial charge on any atom is 0.343 e. The Labute approximate surface area is 226 Å². The average molecular weight is 552 g/mol. The number of nitrogens with one attached hydrogen (secondary N) is 1. The van der Waals surface area contributed by atoms with Crippen LogP contribution in [0.1, 0.15) is 60.0 Å². The van der Waals surface area contributed by atoms with E-state index in [-0.39, 0.29) is 36.6 Å². The van der Waals surface area contributed by atoms with Gasteiger partial charge in [0, 0.05) is 33.2 Å². The normalized spacial score (nSPS) is 23.6. The number of halogens is 1. The van der Waals surface area contributed by atoms with E-state index in [4.69, 9.17) is 9.72 Å². The Hall–Kier alpha value is -3.28. The lowest BCUT2D eigenvalue weighted by molar-refractivity contribution is -0.172. The highest BCUT2D eigenvalue weighted by molar-refractivity contribution is 7.99. The summed E-state index contributed by atoms with van der Waals surface area (Å²) < 4.78 is 21.7. The number of rotatable bonds is 4. The second-order valence-electron chi connectivity index (χ2n) is 10.8. The van der Waals surface area contributed by atoms with Gasteiger partial charge in [-0.1, -0.05) is 6.92 Å². The highest BCUT2D eigenvalue weighted by atomic mass is 32.2. The number of cyclic esters (lactones) is 1. The van der Waals surface area contributed by atoms with Crippen LogP contribution in [0.4, 0.5) is 4.39 Å². The number of carbonyl (C=O) groups excluding carboxylic acids is 2. The number of amides is 1. The van der Waals surface area contributed by atoms with Crippen molar-refractivity contribution in [2.75, 3.05) is 5.75 Å². The first kappa shape index (κ1) is 24.7. The maximum absolute atomic E-state index is 15.0. The van der Waals surface area contributed by atoms with E-state index in [1.54, 1.807) is 19.9 Å². The fourth-order valence-corrected chi connectivity index (χ4v) is 7.38. The molecule has 1 amide bonds. The van der Waals surface area contributed by atoms with Gasteiger partial charge in [0.2, 0.25) is 5.91 Å². The van der Waals surface area contributed by atoms with Crippen molar-refractivity contribution >= 4 is 34.5 Å².